The molecule has 4 heteroatoms. The second-order valence-electron chi connectivity index (χ2n) is 4.55. The fraction of sp³-hybridized carbons (Fsp3) is 0.538. The molecular formula is C13H17F2NO. The Balaban J connectivity index is 1.93. The van der Waals surface area contributed by atoms with Crippen LogP contribution in [0.25, 0.3) is 0 Å². The third kappa shape index (κ3) is 3.23. The lowest BCUT2D eigenvalue weighted by Crippen LogP contribution is -2.28. The van der Waals surface area contributed by atoms with Gasteiger partial charge in [-0.25, -0.2) is 8.78 Å². The van der Waals surface area contributed by atoms with Gasteiger partial charge in [-0.05, 0) is 37.3 Å². The number of nitrogens with two attached hydrogens (primary N) is 1. The minimum absolute atomic E-state index is 0.182. The van der Waals surface area contributed by atoms with E-state index in [4.69, 9.17) is 10.5 Å². The van der Waals surface area contributed by atoms with Gasteiger partial charge in [-0.2, -0.15) is 0 Å². The third-order valence-electron chi connectivity index (χ3n) is 3.10. The van der Waals surface area contributed by atoms with Crippen molar-refractivity contribution in [1.29, 1.82) is 0 Å². The molecule has 94 valence electrons. The Kier molecular flexibility index (Phi) is 4.07. The third-order valence-corrected chi connectivity index (χ3v) is 3.10. The lowest BCUT2D eigenvalue weighted by atomic mass is 10.00. The molecule has 1 heterocycles. The number of halogens is 2. The first-order valence-electron chi connectivity index (χ1n) is 5.97. The van der Waals surface area contributed by atoms with Gasteiger partial charge < -0.3 is 10.5 Å². The van der Waals surface area contributed by atoms with E-state index >= 15 is 0 Å². The second-order valence-corrected chi connectivity index (χ2v) is 4.55. The summed E-state index contributed by atoms with van der Waals surface area (Å²) in [5.41, 5.74) is 6.28. The first kappa shape index (κ1) is 12.5. The molecule has 0 bridgehead atoms. The molecule has 2 rings (SSSR count). The second kappa shape index (κ2) is 5.56. The van der Waals surface area contributed by atoms with Crippen molar-refractivity contribution in [1.82, 2.24) is 0 Å². The normalized spacial score (nSPS) is 21.7. The molecule has 1 fully saturated rings. The molecule has 1 aromatic carbocycles. The average Bonchev–Trinajstić information content (AvgIpc) is 2.77. The molecule has 2 N–H and O–H groups in total. The Hall–Kier alpha value is -1.00. The highest BCUT2D eigenvalue weighted by atomic mass is 19.2. The van der Waals surface area contributed by atoms with E-state index in [0.29, 0.717) is 18.4 Å². The Labute approximate surface area is 99.8 Å². The highest BCUT2D eigenvalue weighted by Gasteiger charge is 2.20. The minimum atomic E-state index is -0.813. The van der Waals surface area contributed by atoms with Crippen LogP contribution in [-0.4, -0.2) is 18.8 Å². The Bertz CT molecular complexity index is 378. The molecule has 2 nitrogen and oxygen atoms in total. The summed E-state index contributed by atoms with van der Waals surface area (Å²) >= 11 is 0. The lowest BCUT2D eigenvalue weighted by Gasteiger charge is -2.16. The van der Waals surface area contributed by atoms with Gasteiger partial charge in [0, 0.05) is 12.6 Å². The van der Waals surface area contributed by atoms with E-state index < -0.39 is 11.6 Å². The number of hydrogen-bond donors (Lipinski definition) is 1. The maximum absolute atomic E-state index is 13.4. The largest absolute Gasteiger partial charge is 0.378 e. The highest BCUT2D eigenvalue weighted by molar-refractivity contribution is 5.19. The number of hydrogen-bond acceptors (Lipinski definition) is 2. The maximum atomic E-state index is 13.4. The van der Waals surface area contributed by atoms with Crippen molar-refractivity contribution >= 4 is 0 Å². The molecule has 0 amide bonds. The molecule has 1 aromatic rings. The predicted molar refractivity (Wildman–Crippen MR) is 61.6 cm³/mol. The SMILES string of the molecule is NC(Cc1cccc(F)c1F)CC1CCCO1. The van der Waals surface area contributed by atoms with Gasteiger partial charge in [-0.15, -0.1) is 0 Å². The molecule has 2 atom stereocenters. The van der Waals surface area contributed by atoms with E-state index in [9.17, 15) is 8.78 Å². The highest BCUT2D eigenvalue weighted by Crippen LogP contribution is 2.19. The van der Waals surface area contributed by atoms with E-state index in [2.05, 4.69) is 0 Å². The van der Waals surface area contributed by atoms with Gasteiger partial charge >= 0.3 is 0 Å². The molecule has 0 spiro atoms. The maximum Gasteiger partial charge on any atom is 0.162 e. The zero-order valence-electron chi connectivity index (χ0n) is 9.66. The van der Waals surface area contributed by atoms with Crippen LogP contribution in [0.1, 0.15) is 24.8 Å². The summed E-state index contributed by atoms with van der Waals surface area (Å²) in [4.78, 5) is 0. The van der Waals surface area contributed by atoms with Gasteiger partial charge in [0.2, 0.25) is 0 Å². The summed E-state index contributed by atoms with van der Waals surface area (Å²) in [6.45, 7) is 0.783. The summed E-state index contributed by atoms with van der Waals surface area (Å²) in [5, 5.41) is 0. The Morgan fingerprint density at radius 2 is 2.24 bits per heavy atom. The van der Waals surface area contributed by atoms with Crippen molar-refractivity contribution in [3.63, 3.8) is 0 Å². The van der Waals surface area contributed by atoms with Crippen LogP contribution in [0.2, 0.25) is 0 Å². The van der Waals surface area contributed by atoms with Crippen LogP contribution >= 0.6 is 0 Å². The van der Waals surface area contributed by atoms with Crippen LogP contribution in [0.3, 0.4) is 0 Å². The van der Waals surface area contributed by atoms with Gasteiger partial charge in [-0.1, -0.05) is 12.1 Å². The van der Waals surface area contributed by atoms with Crippen LogP contribution < -0.4 is 5.73 Å². The zero-order valence-corrected chi connectivity index (χ0v) is 9.66. The summed E-state index contributed by atoms with van der Waals surface area (Å²) in [5.74, 6) is -1.60. The van der Waals surface area contributed by atoms with Gasteiger partial charge in [0.05, 0.1) is 6.10 Å². The summed E-state index contributed by atoms with van der Waals surface area (Å²) < 4.78 is 31.9. The summed E-state index contributed by atoms with van der Waals surface area (Å²) in [6, 6.07) is 4.01. The van der Waals surface area contributed by atoms with Crippen molar-refractivity contribution in [3.05, 3.63) is 35.4 Å². The van der Waals surface area contributed by atoms with E-state index in [1.54, 1.807) is 6.07 Å². The Morgan fingerprint density at radius 3 is 2.94 bits per heavy atom. The fourth-order valence-electron chi connectivity index (χ4n) is 2.24. The first-order chi connectivity index (χ1) is 8.16. The molecule has 17 heavy (non-hydrogen) atoms. The molecule has 2 unspecified atom stereocenters. The van der Waals surface area contributed by atoms with Crippen LogP contribution in [0.5, 0.6) is 0 Å². The van der Waals surface area contributed by atoms with Gasteiger partial charge in [0.1, 0.15) is 0 Å². The van der Waals surface area contributed by atoms with Crippen molar-refractivity contribution < 1.29 is 13.5 Å². The molecular weight excluding hydrogens is 224 g/mol. The van der Waals surface area contributed by atoms with E-state index in [0.717, 1.165) is 25.5 Å². The zero-order chi connectivity index (χ0) is 12.3. The predicted octanol–water partition coefficient (Wildman–Crippen LogP) is 2.40. The van der Waals surface area contributed by atoms with E-state index in [1.165, 1.54) is 6.07 Å². The molecule has 1 aliphatic heterocycles. The van der Waals surface area contributed by atoms with Gasteiger partial charge in [0.25, 0.3) is 0 Å². The fourth-order valence-corrected chi connectivity index (χ4v) is 2.24. The van der Waals surface area contributed by atoms with Crippen LogP contribution in [0.4, 0.5) is 8.78 Å². The summed E-state index contributed by atoms with van der Waals surface area (Å²) in [6.07, 6.45) is 3.31. The van der Waals surface area contributed by atoms with Crippen molar-refractivity contribution in [2.45, 2.75) is 37.8 Å². The minimum Gasteiger partial charge on any atom is -0.378 e. The number of rotatable bonds is 4. The standard InChI is InChI=1S/C13H17F2NO/c14-12-5-1-3-9(13(12)15)7-10(16)8-11-4-2-6-17-11/h1,3,5,10-11H,2,4,6-8,16H2. The van der Waals surface area contributed by atoms with Crippen molar-refractivity contribution in [2.24, 2.45) is 5.73 Å². The monoisotopic (exact) mass is 241 g/mol. The van der Waals surface area contributed by atoms with E-state index in [-0.39, 0.29) is 12.1 Å². The lowest BCUT2D eigenvalue weighted by molar-refractivity contribution is 0.0982. The smallest absolute Gasteiger partial charge is 0.162 e. The number of ether oxygens (including phenoxy) is 1. The Morgan fingerprint density at radius 1 is 1.41 bits per heavy atom. The molecule has 1 saturated heterocycles. The summed E-state index contributed by atoms with van der Waals surface area (Å²) in [7, 11) is 0. The number of benzene rings is 1. The van der Waals surface area contributed by atoms with Crippen LogP contribution in [-0.2, 0) is 11.2 Å². The van der Waals surface area contributed by atoms with Crippen molar-refractivity contribution in [2.75, 3.05) is 6.61 Å². The van der Waals surface area contributed by atoms with Gasteiger partial charge in [-0.3, -0.25) is 0 Å². The van der Waals surface area contributed by atoms with Crippen molar-refractivity contribution in [3.8, 4) is 0 Å². The van der Waals surface area contributed by atoms with Crippen LogP contribution in [0.15, 0.2) is 18.2 Å². The molecule has 0 aliphatic carbocycles. The molecule has 0 radical (unpaired) electrons. The quantitative estimate of drug-likeness (QED) is 0.878. The van der Waals surface area contributed by atoms with Gasteiger partial charge in [0.15, 0.2) is 11.6 Å². The molecule has 0 saturated carbocycles. The van der Waals surface area contributed by atoms with Crippen LogP contribution in [0, 0.1) is 11.6 Å². The molecule has 0 aromatic heterocycles. The average molecular weight is 241 g/mol. The topological polar surface area (TPSA) is 35.2 Å². The van der Waals surface area contributed by atoms with E-state index in [1.807, 2.05) is 0 Å². The molecule has 1 aliphatic rings. The first-order valence-corrected chi connectivity index (χ1v) is 5.97.